The monoisotopic (exact) mass is 513 g/mol. The van der Waals surface area contributed by atoms with Crippen LogP contribution in [-0.2, 0) is 11.2 Å². The fraction of sp³-hybridized carbons (Fsp3) is 0.381. The summed E-state index contributed by atoms with van der Waals surface area (Å²) in [5.74, 6) is 3.13. The molecule has 0 saturated heterocycles. The summed E-state index contributed by atoms with van der Waals surface area (Å²) in [6, 6.07) is 13.8. The summed E-state index contributed by atoms with van der Waals surface area (Å²) >= 11 is 0. The number of fused-ring (bicyclic) bond motifs is 1. The number of guanidine groups is 1. The van der Waals surface area contributed by atoms with Gasteiger partial charge in [0.1, 0.15) is 5.75 Å². The van der Waals surface area contributed by atoms with E-state index in [2.05, 4.69) is 21.7 Å². The highest BCUT2D eigenvalue weighted by atomic mass is 127. The molecule has 0 atom stereocenters. The molecule has 0 unspecified atom stereocenters. The largest absolute Gasteiger partial charge is 0.493 e. The molecule has 1 aliphatic heterocycles. The Hall–Kier alpha value is -2.20. The lowest BCUT2D eigenvalue weighted by Crippen LogP contribution is -2.32. The molecule has 29 heavy (non-hydrogen) atoms. The van der Waals surface area contributed by atoms with Gasteiger partial charge in [-0.3, -0.25) is 4.99 Å². The molecule has 0 fully saturated rings. The number of hydrogen-bond donors (Lipinski definition) is 2. The fourth-order valence-electron chi connectivity index (χ4n) is 2.79. The van der Waals surface area contributed by atoms with Crippen molar-refractivity contribution in [3.05, 3.63) is 48.0 Å². The van der Waals surface area contributed by atoms with Crippen LogP contribution in [0.2, 0.25) is 0 Å². The molecule has 0 aromatic heterocycles. The maximum Gasteiger partial charge on any atom is 0.231 e. The molecule has 0 amide bonds. The molecule has 2 N–H and O–H groups in total. The van der Waals surface area contributed by atoms with Crippen LogP contribution in [0.3, 0.4) is 0 Å². The smallest absolute Gasteiger partial charge is 0.231 e. The summed E-state index contributed by atoms with van der Waals surface area (Å²) in [6.45, 7) is 2.35. The van der Waals surface area contributed by atoms with E-state index >= 15 is 0 Å². The van der Waals surface area contributed by atoms with Gasteiger partial charge >= 0.3 is 0 Å². The number of aliphatic imine (C=N–C) groups is 1. The van der Waals surface area contributed by atoms with Gasteiger partial charge in [-0.05, 0) is 36.2 Å². The molecule has 8 heteroatoms. The fourth-order valence-corrected chi connectivity index (χ4v) is 2.79. The maximum absolute atomic E-state index is 5.74. The summed E-state index contributed by atoms with van der Waals surface area (Å²) in [7, 11) is 3.44. The third kappa shape index (κ3) is 7.28. The summed E-state index contributed by atoms with van der Waals surface area (Å²) in [4.78, 5) is 4.28. The first-order valence-corrected chi connectivity index (χ1v) is 9.36. The lowest BCUT2D eigenvalue weighted by molar-refractivity contribution is 0.172. The normalized spacial score (nSPS) is 12.3. The van der Waals surface area contributed by atoms with Crippen LogP contribution in [0.1, 0.15) is 12.0 Å². The molecular weight excluding hydrogens is 485 g/mol. The topological polar surface area (TPSA) is 73.3 Å². The van der Waals surface area contributed by atoms with E-state index in [1.165, 1.54) is 5.56 Å². The van der Waals surface area contributed by atoms with Gasteiger partial charge in [-0.1, -0.05) is 12.1 Å². The predicted octanol–water partition coefficient (Wildman–Crippen LogP) is 3.68. The van der Waals surface area contributed by atoms with Gasteiger partial charge in [-0.15, -0.1) is 24.0 Å². The van der Waals surface area contributed by atoms with Crippen LogP contribution in [-0.4, -0.2) is 46.7 Å². The molecule has 0 spiro atoms. The van der Waals surface area contributed by atoms with Crippen molar-refractivity contribution < 1.29 is 18.9 Å². The lowest BCUT2D eigenvalue weighted by Gasteiger charge is -2.13. The number of ether oxygens (including phenoxy) is 4. The van der Waals surface area contributed by atoms with Gasteiger partial charge in [0.05, 0.1) is 6.61 Å². The minimum atomic E-state index is 0. The lowest BCUT2D eigenvalue weighted by atomic mass is 10.1. The molecular formula is C21H28IN3O4. The van der Waals surface area contributed by atoms with Gasteiger partial charge in [-0.25, -0.2) is 0 Å². The number of anilines is 1. The van der Waals surface area contributed by atoms with Crippen LogP contribution in [0.25, 0.3) is 0 Å². The van der Waals surface area contributed by atoms with Crippen molar-refractivity contribution in [1.82, 2.24) is 5.32 Å². The molecule has 2 aromatic carbocycles. The van der Waals surface area contributed by atoms with Gasteiger partial charge in [0.25, 0.3) is 0 Å². The van der Waals surface area contributed by atoms with E-state index in [1.54, 1.807) is 14.2 Å². The quantitative estimate of drug-likeness (QED) is 0.231. The average Bonchev–Trinajstić information content (AvgIpc) is 3.19. The third-order valence-electron chi connectivity index (χ3n) is 4.23. The van der Waals surface area contributed by atoms with E-state index in [0.717, 1.165) is 42.3 Å². The van der Waals surface area contributed by atoms with Crippen LogP contribution in [0, 0.1) is 0 Å². The van der Waals surface area contributed by atoms with Crippen molar-refractivity contribution in [1.29, 1.82) is 0 Å². The first kappa shape index (κ1) is 23.1. The first-order valence-electron chi connectivity index (χ1n) is 9.36. The van der Waals surface area contributed by atoms with Crippen LogP contribution in [0.15, 0.2) is 47.5 Å². The Bertz CT molecular complexity index is 801. The molecule has 158 valence electrons. The van der Waals surface area contributed by atoms with Crippen molar-refractivity contribution in [2.45, 2.75) is 12.8 Å². The molecule has 2 aromatic rings. The van der Waals surface area contributed by atoms with Crippen molar-refractivity contribution in [3.8, 4) is 17.2 Å². The number of nitrogens with one attached hydrogen (secondary N) is 2. The number of methoxy groups -OCH3 is 1. The molecule has 0 bridgehead atoms. The second-order valence-corrected chi connectivity index (χ2v) is 6.28. The number of hydrogen-bond acceptors (Lipinski definition) is 5. The van der Waals surface area contributed by atoms with Crippen molar-refractivity contribution >= 4 is 35.6 Å². The van der Waals surface area contributed by atoms with Crippen molar-refractivity contribution in [2.24, 2.45) is 4.99 Å². The Morgan fingerprint density at radius 1 is 1.10 bits per heavy atom. The zero-order valence-electron chi connectivity index (χ0n) is 16.8. The molecule has 0 radical (unpaired) electrons. The van der Waals surface area contributed by atoms with E-state index in [4.69, 9.17) is 18.9 Å². The predicted molar refractivity (Wildman–Crippen MR) is 125 cm³/mol. The van der Waals surface area contributed by atoms with Gasteiger partial charge < -0.3 is 29.6 Å². The molecule has 7 nitrogen and oxygen atoms in total. The number of benzene rings is 2. The highest BCUT2D eigenvalue weighted by molar-refractivity contribution is 14.0. The van der Waals surface area contributed by atoms with Gasteiger partial charge in [0, 0.05) is 45.5 Å². The van der Waals surface area contributed by atoms with Crippen LogP contribution in [0.5, 0.6) is 17.2 Å². The summed E-state index contributed by atoms with van der Waals surface area (Å²) < 4.78 is 21.5. The highest BCUT2D eigenvalue weighted by Gasteiger charge is 2.13. The van der Waals surface area contributed by atoms with E-state index in [0.29, 0.717) is 26.0 Å². The zero-order valence-corrected chi connectivity index (χ0v) is 19.1. The number of rotatable bonds is 9. The van der Waals surface area contributed by atoms with E-state index in [1.807, 2.05) is 36.4 Å². The van der Waals surface area contributed by atoms with Crippen molar-refractivity contribution in [3.63, 3.8) is 0 Å². The SMILES string of the molecule is CN=C(NCCc1ccc2c(c1)OCO2)Nc1cccc(OCCCOC)c1.I. The van der Waals surface area contributed by atoms with Gasteiger partial charge in [-0.2, -0.15) is 0 Å². The minimum Gasteiger partial charge on any atom is -0.493 e. The maximum atomic E-state index is 5.74. The van der Waals surface area contributed by atoms with Crippen LogP contribution in [0.4, 0.5) is 5.69 Å². The second-order valence-electron chi connectivity index (χ2n) is 6.28. The summed E-state index contributed by atoms with van der Waals surface area (Å²) in [5.41, 5.74) is 2.10. The standard InChI is InChI=1S/C21H27N3O4.HI/c1-22-21(23-10-9-16-7-8-19-20(13-16)28-15-27-19)24-17-5-3-6-18(14-17)26-12-4-11-25-2;/h3,5-8,13-14H,4,9-12,15H2,1-2H3,(H2,22,23,24);1H. The molecule has 0 saturated carbocycles. The first-order chi connectivity index (χ1) is 13.8. The average molecular weight is 513 g/mol. The van der Waals surface area contributed by atoms with Gasteiger partial charge in [0.15, 0.2) is 17.5 Å². The summed E-state index contributed by atoms with van der Waals surface area (Å²) in [5, 5.41) is 6.61. The Morgan fingerprint density at radius 3 is 2.79 bits per heavy atom. The Kier molecular flexibility index (Phi) is 9.85. The number of halogens is 1. The number of nitrogens with zero attached hydrogens (tertiary/aromatic N) is 1. The van der Waals surface area contributed by atoms with E-state index < -0.39 is 0 Å². The van der Waals surface area contributed by atoms with Crippen LogP contribution >= 0.6 is 24.0 Å². The Labute approximate surface area is 188 Å². The van der Waals surface area contributed by atoms with Gasteiger partial charge in [0.2, 0.25) is 6.79 Å². The minimum absolute atomic E-state index is 0. The molecule has 1 heterocycles. The van der Waals surface area contributed by atoms with E-state index in [9.17, 15) is 0 Å². The molecule has 1 aliphatic rings. The van der Waals surface area contributed by atoms with Crippen LogP contribution < -0.4 is 24.8 Å². The molecule has 3 rings (SSSR count). The van der Waals surface area contributed by atoms with Crippen molar-refractivity contribution in [2.75, 3.05) is 46.0 Å². The summed E-state index contributed by atoms with van der Waals surface area (Å²) in [6.07, 6.45) is 1.71. The van der Waals surface area contributed by atoms with E-state index in [-0.39, 0.29) is 24.0 Å². The highest BCUT2D eigenvalue weighted by Crippen LogP contribution is 2.32. The zero-order chi connectivity index (χ0) is 19.6. The Morgan fingerprint density at radius 2 is 1.97 bits per heavy atom. The Balaban J connectivity index is 0.00000300. The third-order valence-corrected chi connectivity index (χ3v) is 4.23. The molecule has 0 aliphatic carbocycles. The second kappa shape index (κ2) is 12.4.